The summed E-state index contributed by atoms with van der Waals surface area (Å²) in [5, 5.41) is 3.28. The first kappa shape index (κ1) is 9.03. The number of fused-ring (bicyclic) bond motifs is 1. The molecule has 0 saturated carbocycles. The highest BCUT2D eigenvalue weighted by molar-refractivity contribution is 7.98. The molecule has 0 atom stereocenters. The van der Waals surface area contributed by atoms with Gasteiger partial charge < -0.3 is 5.32 Å². The normalized spacial score (nSPS) is 15.5. The molecule has 1 aromatic rings. The molecule has 1 nitrogen and oxygen atoms in total. The highest BCUT2D eigenvalue weighted by atomic mass is 32.2. The number of hydrogen-bond acceptors (Lipinski definition) is 2. The molecule has 1 aromatic carbocycles. The highest BCUT2D eigenvalue weighted by Crippen LogP contribution is 2.25. The molecule has 13 heavy (non-hydrogen) atoms. The summed E-state index contributed by atoms with van der Waals surface area (Å²) in [6, 6.07) is 3.64. The van der Waals surface area contributed by atoms with Gasteiger partial charge in [-0.3, -0.25) is 0 Å². The van der Waals surface area contributed by atoms with Crippen molar-refractivity contribution >= 4 is 11.8 Å². The molecule has 1 heterocycles. The maximum absolute atomic E-state index is 13.3. The van der Waals surface area contributed by atoms with Crippen LogP contribution >= 0.6 is 11.8 Å². The van der Waals surface area contributed by atoms with E-state index in [2.05, 4.69) is 5.32 Å². The molecule has 2 rings (SSSR count). The SMILES string of the molecule is CSc1cc2c(cc1F)CCNC2. The van der Waals surface area contributed by atoms with E-state index in [-0.39, 0.29) is 5.82 Å². The summed E-state index contributed by atoms with van der Waals surface area (Å²) in [6.45, 7) is 1.84. The second kappa shape index (κ2) is 3.68. The van der Waals surface area contributed by atoms with E-state index in [0.717, 1.165) is 30.0 Å². The lowest BCUT2D eigenvalue weighted by Gasteiger charge is -2.17. The van der Waals surface area contributed by atoms with E-state index in [9.17, 15) is 4.39 Å². The fourth-order valence-electron chi connectivity index (χ4n) is 1.64. The Morgan fingerprint density at radius 1 is 1.38 bits per heavy atom. The maximum Gasteiger partial charge on any atom is 0.137 e. The van der Waals surface area contributed by atoms with Crippen molar-refractivity contribution in [1.29, 1.82) is 0 Å². The third kappa shape index (κ3) is 1.71. The van der Waals surface area contributed by atoms with Gasteiger partial charge in [0.1, 0.15) is 5.82 Å². The van der Waals surface area contributed by atoms with Crippen LogP contribution in [0.1, 0.15) is 11.1 Å². The van der Waals surface area contributed by atoms with Gasteiger partial charge >= 0.3 is 0 Å². The van der Waals surface area contributed by atoms with Crippen molar-refractivity contribution < 1.29 is 4.39 Å². The topological polar surface area (TPSA) is 12.0 Å². The lowest BCUT2D eigenvalue weighted by atomic mass is 10.0. The van der Waals surface area contributed by atoms with E-state index < -0.39 is 0 Å². The molecule has 0 aromatic heterocycles. The average Bonchev–Trinajstić information content (AvgIpc) is 2.17. The summed E-state index contributed by atoms with van der Waals surface area (Å²) in [7, 11) is 0. The summed E-state index contributed by atoms with van der Waals surface area (Å²) >= 11 is 1.47. The number of thioether (sulfide) groups is 1. The Morgan fingerprint density at radius 2 is 2.23 bits per heavy atom. The predicted octanol–water partition coefficient (Wildman–Crippen LogP) is 2.19. The first-order valence-corrected chi connectivity index (χ1v) is 5.60. The van der Waals surface area contributed by atoms with Crippen LogP contribution in [-0.4, -0.2) is 12.8 Å². The standard InChI is InChI=1S/C10H12FNS/c1-13-10-5-8-6-12-3-2-7(8)4-9(10)11/h4-5,12H,2-3,6H2,1H3. The molecule has 3 heteroatoms. The van der Waals surface area contributed by atoms with Gasteiger partial charge in [0.05, 0.1) is 0 Å². The van der Waals surface area contributed by atoms with Crippen LogP contribution in [0.2, 0.25) is 0 Å². The second-order valence-electron chi connectivity index (χ2n) is 3.18. The number of hydrogen-bond donors (Lipinski definition) is 1. The molecular weight excluding hydrogens is 185 g/mol. The van der Waals surface area contributed by atoms with Crippen molar-refractivity contribution in [2.45, 2.75) is 17.9 Å². The van der Waals surface area contributed by atoms with Crippen molar-refractivity contribution in [3.8, 4) is 0 Å². The summed E-state index contributed by atoms with van der Waals surface area (Å²) in [5.74, 6) is -0.0758. The third-order valence-electron chi connectivity index (χ3n) is 2.36. The van der Waals surface area contributed by atoms with Crippen LogP contribution in [0.25, 0.3) is 0 Å². The minimum atomic E-state index is -0.0758. The van der Waals surface area contributed by atoms with Gasteiger partial charge in [-0.1, -0.05) is 0 Å². The Morgan fingerprint density at radius 3 is 3.00 bits per heavy atom. The quantitative estimate of drug-likeness (QED) is 0.693. The summed E-state index contributed by atoms with van der Waals surface area (Å²) < 4.78 is 13.3. The van der Waals surface area contributed by atoms with Crippen molar-refractivity contribution in [2.75, 3.05) is 12.8 Å². The van der Waals surface area contributed by atoms with Crippen LogP contribution in [0.5, 0.6) is 0 Å². The van der Waals surface area contributed by atoms with Crippen molar-refractivity contribution in [3.63, 3.8) is 0 Å². The van der Waals surface area contributed by atoms with Crippen LogP contribution in [0.15, 0.2) is 17.0 Å². The fraction of sp³-hybridized carbons (Fsp3) is 0.400. The van der Waals surface area contributed by atoms with Gasteiger partial charge in [-0.2, -0.15) is 0 Å². The molecule has 0 saturated heterocycles. The maximum atomic E-state index is 13.3. The summed E-state index contributed by atoms with van der Waals surface area (Å²) in [4.78, 5) is 0.752. The number of rotatable bonds is 1. The minimum Gasteiger partial charge on any atom is -0.312 e. The van der Waals surface area contributed by atoms with Gasteiger partial charge in [-0.05, 0) is 42.5 Å². The van der Waals surface area contributed by atoms with Crippen molar-refractivity contribution in [1.82, 2.24) is 5.32 Å². The Balaban J connectivity index is 2.44. The van der Waals surface area contributed by atoms with E-state index in [0.29, 0.717) is 0 Å². The zero-order valence-corrected chi connectivity index (χ0v) is 8.38. The van der Waals surface area contributed by atoms with Gasteiger partial charge in [0.25, 0.3) is 0 Å². The fourth-order valence-corrected chi connectivity index (χ4v) is 2.15. The number of halogens is 1. The molecule has 0 amide bonds. The highest BCUT2D eigenvalue weighted by Gasteiger charge is 2.12. The van der Waals surface area contributed by atoms with Gasteiger partial charge in [0.15, 0.2) is 0 Å². The van der Waals surface area contributed by atoms with Gasteiger partial charge in [-0.15, -0.1) is 11.8 Å². The average molecular weight is 197 g/mol. The largest absolute Gasteiger partial charge is 0.312 e. The molecule has 0 unspecified atom stereocenters. The molecule has 0 fully saturated rings. The van der Waals surface area contributed by atoms with Crippen molar-refractivity contribution in [2.24, 2.45) is 0 Å². The Hall–Kier alpha value is -0.540. The van der Waals surface area contributed by atoms with Crippen molar-refractivity contribution in [3.05, 3.63) is 29.1 Å². The van der Waals surface area contributed by atoms with Crippen LogP contribution in [0, 0.1) is 5.82 Å². The molecule has 1 aliphatic rings. The smallest absolute Gasteiger partial charge is 0.137 e. The van der Waals surface area contributed by atoms with E-state index in [1.54, 1.807) is 6.07 Å². The monoisotopic (exact) mass is 197 g/mol. The molecule has 0 bridgehead atoms. The third-order valence-corrected chi connectivity index (χ3v) is 3.11. The summed E-state index contributed by atoms with van der Waals surface area (Å²) in [5.41, 5.74) is 2.41. The van der Waals surface area contributed by atoms with Crippen LogP contribution in [-0.2, 0) is 13.0 Å². The zero-order valence-electron chi connectivity index (χ0n) is 7.56. The molecule has 1 aliphatic heterocycles. The molecule has 0 spiro atoms. The first-order valence-electron chi connectivity index (χ1n) is 4.37. The predicted molar refractivity (Wildman–Crippen MR) is 53.6 cm³/mol. The second-order valence-corrected chi connectivity index (χ2v) is 4.03. The molecule has 70 valence electrons. The van der Waals surface area contributed by atoms with Gasteiger partial charge in [0.2, 0.25) is 0 Å². The molecule has 0 aliphatic carbocycles. The lowest BCUT2D eigenvalue weighted by molar-refractivity contribution is 0.583. The zero-order chi connectivity index (χ0) is 9.26. The summed E-state index contributed by atoms with van der Waals surface area (Å²) in [6.07, 6.45) is 2.85. The van der Waals surface area contributed by atoms with Crippen LogP contribution < -0.4 is 5.32 Å². The minimum absolute atomic E-state index is 0.0758. The van der Waals surface area contributed by atoms with E-state index in [1.807, 2.05) is 12.3 Å². The van der Waals surface area contributed by atoms with Crippen LogP contribution in [0.4, 0.5) is 4.39 Å². The van der Waals surface area contributed by atoms with Gasteiger partial charge in [0, 0.05) is 11.4 Å². The van der Waals surface area contributed by atoms with E-state index in [1.165, 1.54) is 17.3 Å². The Bertz CT molecular complexity index is 325. The van der Waals surface area contributed by atoms with Crippen LogP contribution in [0.3, 0.4) is 0 Å². The number of nitrogens with one attached hydrogen (secondary N) is 1. The van der Waals surface area contributed by atoms with Gasteiger partial charge in [-0.25, -0.2) is 4.39 Å². The first-order chi connectivity index (χ1) is 6.31. The molecule has 1 N–H and O–H groups in total. The van der Waals surface area contributed by atoms with E-state index in [4.69, 9.17) is 0 Å². The Kier molecular flexibility index (Phi) is 2.56. The Labute approximate surface area is 81.7 Å². The lowest BCUT2D eigenvalue weighted by Crippen LogP contribution is -2.23. The molecule has 0 radical (unpaired) electrons. The molecular formula is C10H12FNS. The number of benzene rings is 1. The van der Waals surface area contributed by atoms with E-state index >= 15 is 0 Å².